The van der Waals surface area contributed by atoms with E-state index in [1.807, 2.05) is 0 Å². The molecular weight excluding hydrogens is 536 g/mol. The van der Waals surface area contributed by atoms with Crippen molar-refractivity contribution in [2.24, 2.45) is 11.8 Å². The largest absolute Gasteiger partial charge is 2.00 e. The van der Waals surface area contributed by atoms with Crippen molar-refractivity contribution in [2.75, 3.05) is 26.4 Å². The summed E-state index contributed by atoms with van der Waals surface area (Å²) in [4.78, 5) is 0. The third kappa shape index (κ3) is 30.5. The molecule has 0 unspecified atom stereocenters. The Morgan fingerprint density at radius 3 is 1.24 bits per heavy atom. The minimum Gasteiger partial charge on any atom is -0.691 e. The summed E-state index contributed by atoms with van der Waals surface area (Å²) in [6, 6.07) is 0. The Morgan fingerprint density at radius 1 is 0.655 bits per heavy atom. The van der Waals surface area contributed by atoms with Gasteiger partial charge >= 0.3 is 19.5 Å². The normalized spacial score (nSPS) is 11.9. The van der Waals surface area contributed by atoms with Crippen molar-refractivity contribution in [2.45, 2.75) is 80.1 Å². The van der Waals surface area contributed by atoms with E-state index in [9.17, 15) is 0 Å². The predicted octanol–water partition coefficient (Wildman–Crippen LogP) is 7.27. The minimum atomic E-state index is -2.38. The second-order valence-electron chi connectivity index (χ2n) is 7.35. The average Bonchev–Trinajstić information content (AvgIpc) is 2.60. The van der Waals surface area contributed by atoms with Crippen LogP contribution in [0.1, 0.15) is 80.1 Å². The molecule has 0 atom stereocenters. The molecule has 0 saturated heterocycles. The van der Waals surface area contributed by atoms with Crippen molar-refractivity contribution >= 4 is 59.5 Å². The minimum absolute atomic E-state index is 0. The van der Waals surface area contributed by atoms with Crippen molar-refractivity contribution in [3.8, 4) is 0 Å². The number of unbranched alkanes of at least 4 members (excludes halogenated alkanes) is 4. The summed E-state index contributed by atoms with van der Waals surface area (Å²) in [5, 5.41) is 0. The molecule has 0 rings (SSSR count). The summed E-state index contributed by atoms with van der Waals surface area (Å²) in [7, 11) is 0. The van der Waals surface area contributed by atoms with E-state index in [1.54, 1.807) is 0 Å². The van der Waals surface area contributed by atoms with Crippen LogP contribution in [0.2, 0.25) is 0 Å². The molecule has 0 aromatic carbocycles. The van der Waals surface area contributed by atoms with Crippen LogP contribution in [0.5, 0.6) is 0 Å². The van der Waals surface area contributed by atoms with Crippen LogP contribution in [-0.2, 0) is 85.7 Å². The average molecular weight is 576 g/mol. The molecule has 0 aliphatic rings. The van der Waals surface area contributed by atoms with Gasteiger partial charge in [0.05, 0.1) is 37.8 Å². The SMILES string of the molecule is CC(C)COP(=S)([S-])OCC(C)C.CCCCCOP(=S)([S-])OCCCCC.[Zn+2]. The molecule has 0 bridgehead atoms. The van der Waals surface area contributed by atoms with E-state index in [0.717, 1.165) is 12.8 Å². The zero-order valence-corrected chi connectivity index (χ0v) is 27.1. The van der Waals surface area contributed by atoms with Crippen LogP contribution >= 0.6 is 11.4 Å². The summed E-state index contributed by atoms with van der Waals surface area (Å²) >= 11 is 20.4. The van der Waals surface area contributed by atoms with E-state index in [2.05, 4.69) is 41.5 Å². The summed E-state index contributed by atoms with van der Waals surface area (Å²) < 4.78 is 21.6. The molecule has 0 aromatic rings. The molecule has 0 N–H and O–H groups in total. The molecule has 0 aliphatic heterocycles. The zero-order chi connectivity index (χ0) is 22.1. The van der Waals surface area contributed by atoms with Gasteiger partial charge in [-0.05, 0) is 24.7 Å². The van der Waals surface area contributed by atoms with Gasteiger partial charge in [0.2, 0.25) is 0 Å². The van der Waals surface area contributed by atoms with Crippen molar-refractivity contribution in [3.63, 3.8) is 0 Å². The second kappa shape index (κ2) is 22.3. The van der Waals surface area contributed by atoms with Gasteiger partial charge in [-0.25, -0.2) is 0 Å². The van der Waals surface area contributed by atoms with Crippen LogP contribution in [0.25, 0.3) is 0 Å². The quantitative estimate of drug-likeness (QED) is 0.0823. The van der Waals surface area contributed by atoms with Gasteiger partial charge in [0, 0.05) is 0 Å². The maximum atomic E-state index is 5.43. The molecule has 0 amide bonds. The Morgan fingerprint density at radius 2 is 0.966 bits per heavy atom. The number of hydrogen-bond acceptors (Lipinski definition) is 8. The van der Waals surface area contributed by atoms with Gasteiger partial charge in [-0.1, -0.05) is 90.8 Å². The molecule has 0 saturated carbocycles. The molecule has 29 heavy (non-hydrogen) atoms. The fraction of sp³-hybridized carbons (Fsp3) is 1.00. The van der Waals surface area contributed by atoms with Gasteiger partial charge in [-0.3, -0.25) is 0 Å². The first-order valence-corrected chi connectivity index (χ1v) is 17.5. The first-order chi connectivity index (χ1) is 13.0. The van der Waals surface area contributed by atoms with Gasteiger partial charge in [-0.2, -0.15) is 0 Å². The Bertz CT molecular complexity index is 426. The summed E-state index contributed by atoms with van der Waals surface area (Å²) in [5.74, 6) is 0.904. The Hall–Kier alpha value is 2.46. The Balaban J connectivity index is -0.000000455. The maximum absolute atomic E-state index is 5.43. The van der Waals surface area contributed by atoms with E-state index in [0.29, 0.717) is 38.3 Å². The van der Waals surface area contributed by atoms with E-state index in [1.165, 1.54) is 25.7 Å². The van der Waals surface area contributed by atoms with Crippen LogP contribution in [0.15, 0.2) is 0 Å². The van der Waals surface area contributed by atoms with Crippen molar-refractivity contribution in [3.05, 3.63) is 0 Å². The molecular formula is C18H40O4P2S4Zn. The molecule has 0 aliphatic carbocycles. The number of hydrogen-bond donors (Lipinski definition) is 0. The molecule has 11 heteroatoms. The second-order valence-corrected chi connectivity index (χ2v) is 17.3. The fourth-order valence-electron chi connectivity index (χ4n) is 1.61. The van der Waals surface area contributed by atoms with Crippen LogP contribution in [0.4, 0.5) is 0 Å². The third-order valence-corrected chi connectivity index (χ3v) is 7.58. The smallest absolute Gasteiger partial charge is 0.691 e. The fourth-order valence-corrected chi connectivity index (χ4v) is 5.05. The van der Waals surface area contributed by atoms with Gasteiger partial charge in [-0.15, -0.1) is 0 Å². The van der Waals surface area contributed by atoms with E-state index >= 15 is 0 Å². The van der Waals surface area contributed by atoms with Crippen LogP contribution in [0, 0.1) is 11.8 Å². The molecule has 4 nitrogen and oxygen atoms in total. The molecule has 172 valence electrons. The van der Waals surface area contributed by atoms with Crippen molar-refractivity contribution < 1.29 is 37.6 Å². The summed E-state index contributed by atoms with van der Waals surface area (Å²) in [5.41, 5.74) is -4.74. The van der Waals surface area contributed by atoms with E-state index in [4.69, 9.17) is 66.2 Å². The zero-order valence-electron chi connectivity index (χ0n) is 19.1. The topological polar surface area (TPSA) is 36.9 Å². The van der Waals surface area contributed by atoms with Gasteiger partial charge in [0.15, 0.2) is 0 Å². The van der Waals surface area contributed by atoms with Crippen molar-refractivity contribution in [1.29, 1.82) is 0 Å². The van der Waals surface area contributed by atoms with Crippen LogP contribution in [0.3, 0.4) is 0 Å². The van der Waals surface area contributed by atoms with Crippen LogP contribution in [-0.4, -0.2) is 26.4 Å². The molecule has 0 fully saturated rings. The van der Waals surface area contributed by atoms with Crippen LogP contribution < -0.4 is 0 Å². The van der Waals surface area contributed by atoms with E-state index in [-0.39, 0.29) is 19.5 Å². The standard InChI is InChI=1S/C10H23O2PS2.C8H19O2PS2.Zn/c1-3-5-7-9-11-13(14,15)12-10-8-6-4-2;1-7(2)5-9-11(12,13)10-6-8(3)4;/h3-10H2,1-2H3,(H,14,15);7-8H,5-6H2,1-4H3,(H,12,13);/q;;+2/p-2. The third-order valence-electron chi connectivity index (χ3n) is 3.13. The first-order valence-electron chi connectivity index (χ1n) is 10.2. The molecule has 0 radical (unpaired) electrons. The summed E-state index contributed by atoms with van der Waals surface area (Å²) in [6.45, 7) is 15.1. The first kappa shape index (κ1) is 36.0. The number of rotatable bonds is 16. The molecule has 0 aromatic heterocycles. The maximum Gasteiger partial charge on any atom is 2.00 e. The predicted molar refractivity (Wildman–Crippen MR) is 136 cm³/mol. The molecule has 0 spiro atoms. The van der Waals surface area contributed by atoms with Crippen molar-refractivity contribution in [1.82, 2.24) is 0 Å². The Labute approximate surface area is 214 Å². The van der Waals surface area contributed by atoms with Gasteiger partial charge in [0.25, 0.3) is 0 Å². The Kier molecular flexibility index (Phi) is 27.7. The monoisotopic (exact) mass is 574 g/mol. The van der Waals surface area contributed by atoms with Gasteiger partial charge < -0.3 is 42.6 Å². The van der Waals surface area contributed by atoms with E-state index < -0.39 is 11.4 Å². The van der Waals surface area contributed by atoms with Gasteiger partial charge in [0.1, 0.15) is 0 Å². The molecule has 0 heterocycles. The summed E-state index contributed by atoms with van der Waals surface area (Å²) in [6.07, 6.45) is 6.76.